The highest BCUT2D eigenvalue weighted by atomic mass is 19.4. The molecule has 11 heteroatoms. The van der Waals surface area contributed by atoms with Gasteiger partial charge in [0.2, 0.25) is 0 Å². The van der Waals surface area contributed by atoms with E-state index >= 15 is 0 Å². The van der Waals surface area contributed by atoms with Crippen LogP contribution in [-0.2, 0) is 26.1 Å². The highest BCUT2D eigenvalue weighted by Gasteiger charge is 2.32. The van der Waals surface area contributed by atoms with E-state index in [-0.39, 0.29) is 22.9 Å². The lowest BCUT2D eigenvalue weighted by Crippen LogP contribution is -2.20. The highest BCUT2D eigenvalue weighted by molar-refractivity contribution is 5.77. The minimum absolute atomic E-state index is 0.102. The van der Waals surface area contributed by atoms with Crippen molar-refractivity contribution in [2.45, 2.75) is 38.4 Å². The third-order valence-corrected chi connectivity index (χ3v) is 5.69. The Balaban J connectivity index is 1.50. The number of fused-ring (bicyclic) bond motifs is 2. The fraction of sp³-hybridized carbons (Fsp3) is 0.350. The molecule has 1 N–H and O–H groups in total. The van der Waals surface area contributed by atoms with Crippen molar-refractivity contribution in [1.29, 1.82) is 0 Å². The predicted molar refractivity (Wildman–Crippen MR) is 104 cm³/mol. The van der Waals surface area contributed by atoms with Crippen molar-refractivity contribution in [2.75, 3.05) is 0 Å². The van der Waals surface area contributed by atoms with Gasteiger partial charge in [0, 0.05) is 19.0 Å². The molecule has 0 aliphatic heterocycles. The number of phenolic OH excluding ortho intramolecular Hbond substituents is 1. The zero-order chi connectivity index (χ0) is 21.9. The lowest BCUT2D eigenvalue weighted by molar-refractivity contribution is -0.137. The second kappa shape index (κ2) is 6.76. The number of aryl methyl sites for hydroxylation is 3. The molecule has 8 nitrogen and oxygen atoms in total. The van der Waals surface area contributed by atoms with E-state index in [1.54, 1.807) is 4.68 Å². The zero-order valence-corrected chi connectivity index (χ0v) is 16.7. The van der Waals surface area contributed by atoms with E-state index in [2.05, 4.69) is 25.4 Å². The number of aromatic hydroxyl groups is 1. The van der Waals surface area contributed by atoms with Crippen LogP contribution in [0, 0.1) is 6.92 Å². The Hall–Kier alpha value is -3.50. The molecule has 31 heavy (non-hydrogen) atoms. The van der Waals surface area contributed by atoms with Crippen LogP contribution >= 0.6 is 0 Å². The summed E-state index contributed by atoms with van der Waals surface area (Å²) in [6, 6.07) is 1.79. The molecule has 0 saturated heterocycles. The van der Waals surface area contributed by atoms with Crippen LogP contribution in [0.1, 0.15) is 35.0 Å². The van der Waals surface area contributed by atoms with Gasteiger partial charge in [-0.05, 0) is 37.5 Å². The SMILES string of the molecule is Cc1cc(C(F)(F)F)cc(O)c1-c1cnc2cn([C@H]3CCc4nnn(C)c4C3)nc2n1. The van der Waals surface area contributed by atoms with E-state index in [9.17, 15) is 18.3 Å². The molecule has 1 aliphatic rings. The number of nitrogens with zero attached hydrogens (tertiary/aromatic N) is 7. The van der Waals surface area contributed by atoms with Crippen molar-refractivity contribution in [3.8, 4) is 17.0 Å². The Labute approximate surface area is 174 Å². The van der Waals surface area contributed by atoms with E-state index in [1.165, 1.54) is 13.1 Å². The summed E-state index contributed by atoms with van der Waals surface area (Å²) in [5.41, 5.74) is 2.83. The number of benzene rings is 1. The van der Waals surface area contributed by atoms with Crippen LogP contribution in [0.3, 0.4) is 0 Å². The maximum Gasteiger partial charge on any atom is 0.416 e. The Morgan fingerprint density at radius 1 is 1.23 bits per heavy atom. The minimum Gasteiger partial charge on any atom is -0.507 e. The summed E-state index contributed by atoms with van der Waals surface area (Å²) in [7, 11) is 1.86. The number of aromatic nitrogens is 7. The topological polar surface area (TPSA) is 94.5 Å². The maximum atomic E-state index is 13.0. The first kappa shape index (κ1) is 19.5. The smallest absolute Gasteiger partial charge is 0.416 e. The van der Waals surface area contributed by atoms with Crippen LogP contribution < -0.4 is 0 Å². The summed E-state index contributed by atoms with van der Waals surface area (Å²) in [4.78, 5) is 8.83. The van der Waals surface area contributed by atoms with Crippen molar-refractivity contribution in [3.63, 3.8) is 0 Å². The Morgan fingerprint density at radius 3 is 2.77 bits per heavy atom. The van der Waals surface area contributed by atoms with Gasteiger partial charge < -0.3 is 5.11 Å². The molecule has 1 aromatic carbocycles. The largest absolute Gasteiger partial charge is 0.507 e. The summed E-state index contributed by atoms with van der Waals surface area (Å²) in [6.45, 7) is 1.50. The lowest BCUT2D eigenvalue weighted by Gasteiger charge is -2.21. The van der Waals surface area contributed by atoms with Crippen molar-refractivity contribution >= 4 is 11.2 Å². The third kappa shape index (κ3) is 3.29. The van der Waals surface area contributed by atoms with Gasteiger partial charge in [0.05, 0.1) is 41.1 Å². The molecule has 3 aromatic heterocycles. The predicted octanol–water partition coefficient (Wildman–Crippen LogP) is 3.38. The minimum atomic E-state index is -4.54. The van der Waals surface area contributed by atoms with Crippen LogP contribution in [0.5, 0.6) is 5.75 Å². The monoisotopic (exact) mass is 429 g/mol. The van der Waals surface area contributed by atoms with Crippen molar-refractivity contribution in [1.82, 2.24) is 34.7 Å². The average molecular weight is 429 g/mol. The molecule has 1 atom stereocenters. The second-order valence-corrected chi connectivity index (χ2v) is 7.76. The second-order valence-electron chi connectivity index (χ2n) is 7.76. The average Bonchev–Trinajstić information content (AvgIpc) is 3.30. The first-order valence-corrected chi connectivity index (χ1v) is 9.71. The summed E-state index contributed by atoms with van der Waals surface area (Å²) in [5, 5.41) is 23.1. The van der Waals surface area contributed by atoms with E-state index in [0.29, 0.717) is 17.2 Å². The fourth-order valence-corrected chi connectivity index (χ4v) is 4.11. The standard InChI is InChI=1S/C20H18F3N7O/c1-10-5-11(20(21,22)23)6-17(31)18(10)14-8-24-15-9-30(27-19(15)25-14)12-3-4-13-16(7-12)29(2)28-26-13/h5-6,8-9,12,31H,3-4,7H2,1-2H3/t12-/m0/s1. The van der Waals surface area contributed by atoms with E-state index < -0.39 is 17.5 Å². The number of halogens is 3. The van der Waals surface area contributed by atoms with Crippen molar-refractivity contribution < 1.29 is 18.3 Å². The van der Waals surface area contributed by atoms with E-state index in [4.69, 9.17) is 0 Å². The third-order valence-electron chi connectivity index (χ3n) is 5.69. The van der Waals surface area contributed by atoms with Crippen molar-refractivity contribution in [3.05, 3.63) is 47.0 Å². The fourth-order valence-electron chi connectivity index (χ4n) is 4.11. The summed E-state index contributed by atoms with van der Waals surface area (Å²) < 4.78 is 42.6. The normalized spacial score (nSPS) is 16.6. The van der Waals surface area contributed by atoms with Gasteiger partial charge in [-0.15, -0.1) is 5.10 Å². The molecule has 5 rings (SSSR count). The first-order chi connectivity index (χ1) is 14.7. The van der Waals surface area contributed by atoms with Crippen LogP contribution in [0.4, 0.5) is 13.2 Å². The number of hydrogen-bond donors (Lipinski definition) is 1. The molecular weight excluding hydrogens is 411 g/mol. The molecule has 0 bridgehead atoms. The molecule has 3 heterocycles. The summed E-state index contributed by atoms with van der Waals surface area (Å²) in [6.07, 6.45) is 1.09. The van der Waals surface area contributed by atoms with Gasteiger partial charge in [-0.3, -0.25) is 9.36 Å². The first-order valence-electron chi connectivity index (χ1n) is 9.71. The van der Waals surface area contributed by atoms with Gasteiger partial charge in [-0.25, -0.2) is 9.97 Å². The van der Waals surface area contributed by atoms with Crippen molar-refractivity contribution in [2.24, 2.45) is 7.05 Å². The number of alkyl halides is 3. The molecule has 0 unspecified atom stereocenters. The van der Waals surface area contributed by atoms with Crippen LogP contribution in [0.25, 0.3) is 22.4 Å². The Kier molecular flexibility index (Phi) is 4.24. The molecular formula is C20H18F3N7O. The molecule has 4 aromatic rings. The maximum absolute atomic E-state index is 13.0. The lowest BCUT2D eigenvalue weighted by atomic mass is 9.96. The molecule has 0 amide bonds. The molecule has 0 saturated carbocycles. The van der Waals surface area contributed by atoms with Crippen LogP contribution in [0.15, 0.2) is 24.5 Å². The summed E-state index contributed by atoms with van der Waals surface area (Å²) in [5.74, 6) is -0.496. The van der Waals surface area contributed by atoms with E-state index in [1.807, 2.05) is 17.9 Å². The number of phenols is 1. The van der Waals surface area contributed by atoms with Gasteiger partial charge in [0.1, 0.15) is 11.3 Å². The molecule has 1 aliphatic carbocycles. The highest BCUT2D eigenvalue weighted by Crippen LogP contribution is 2.38. The summed E-state index contributed by atoms with van der Waals surface area (Å²) >= 11 is 0. The number of rotatable bonds is 2. The van der Waals surface area contributed by atoms with Crippen LogP contribution in [0.2, 0.25) is 0 Å². The molecule has 160 valence electrons. The van der Waals surface area contributed by atoms with Gasteiger partial charge >= 0.3 is 6.18 Å². The Bertz CT molecular complexity index is 1290. The van der Waals surface area contributed by atoms with Gasteiger partial charge in [0.25, 0.3) is 0 Å². The van der Waals surface area contributed by atoms with Gasteiger partial charge in [-0.2, -0.15) is 18.3 Å². The quantitative estimate of drug-likeness (QED) is 0.525. The van der Waals surface area contributed by atoms with Gasteiger partial charge in [0.15, 0.2) is 5.65 Å². The molecule has 0 spiro atoms. The molecule has 0 radical (unpaired) electrons. The zero-order valence-electron chi connectivity index (χ0n) is 16.7. The van der Waals surface area contributed by atoms with Crippen LogP contribution in [-0.4, -0.2) is 39.8 Å². The number of hydrogen-bond acceptors (Lipinski definition) is 6. The van der Waals surface area contributed by atoms with E-state index in [0.717, 1.165) is 36.7 Å². The Morgan fingerprint density at radius 2 is 2.03 bits per heavy atom. The molecule has 0 fully saturated rings. The van der Waals surface area contributed by atoms with Gasteiger partial charge in [-0.1, -0.05) is 5.21 Å².